The molecule has 0 aromatic heterocycles. The Morgan fingerprint density at radius 2 is 1.41 bits per heavy atom. The number of rotatable bonds is 9. The predicted molar refractivity (Wildman–Crippen MR) is 127 cm³/mol. The summed E-state index contributed by atoms with van der Waals surface area (Å²) in [6.07, 6.45) is -0.311. The number of anilines is 2. The first kappa shape index (κ1) is 23.4. The van der Waals surface area contributed by atoms with Crippen molar-refractivity contribution in [3.63, 3.8) is 0 Å². The summed E-state index contributed by atoms with van der Waals surface area (Å²) in [6, 6.07) is 23.4. The van der Waals surface area contributed by atoms with E-state index in [1.54, 1.807) is 36.4 Å². The smallest absolute Gasteiger partial charge is 0.303 e. The first-order chi connectivity index (χ1) is 15.4. The van der Waals surface area contributed by atoms with Crippen molar-refractivity contribution in [3.05, 3.63) is 89.4 Å². The van der Waals surface area contributed by atoms with Gasteiger partial charge in [0.05, 0.1) is 6.42 Å². The summed E-state index contributed by atoms with van der Waals surface area (Å²) in [5.41, 5.74) is 2.07. The van der Waals surface area contributed by atoms with E-state index in [9.17, 15) is 14.4 Å². The fraction of sp³-hybridized carbons (Fsp3) is 0.125. The van der Waals surface area contributed by atoms with E-state index in [-0.39, 0.29) is 24.7 Å². The molecule has 3 N–H and O–H groups in total. The normalized spacial score (nSPS) is 11.4. The molecule has 8 heteroatoms. The van der Waals surface area contributed by atoms with Crippen LogP contribution in [-0.4, -0.2) is 22.9 Å². The minimum atomic E-state index is -1.02. The Kier molecular flexibility index (Phi) is 8.30. The Hall–Kier alpha value is -3.29. The molecule has 32 heavy (non-hydrogen) atoms. The third-order valence-corrected chi connectivity index (χ3v) is 5.93. The van der Waals surface area contributed by atoms with Gasteiger partial charge in [-0.25, -0.2) is 0 Å². The number of hydrogen-bond acceptors (Lipinski definition) is 4. The number of aliphatic carboxylic acids is 1. The molecule has 0 spiro atoms. The quantitative estimate of drug-likeness (QED) is 0.354. The lowest BCUT2D eigenvalue weighted by Gasteiger charge is -2.17. The minimum absolute atomic E-state index is 0.0905. The monoisotopic (exact) mass is 468 g/mol. The summed E-state index contributed by atoms with van der Waals surface area (Å²) in [5.74, 6) is -1.55. The molecule has 3 rings (SSSR count). The van der Waals surface area contributed by atoms with Crippen molar-refractivity contribution in [2.75, 3.05) is 10.6 Å². The standard InChI is InChI=1S/C24H21ClN2O4S/c25-17-6-8-19(9-7-17)27-24(31)23(16-4-2-1-3-5-16)32-20-12-10-18(11-13-20)26-21(28)14-15-22(29)30/h1-13,23H,14-15H2,(H,26,28)(H,27,31)(H,29,30). The van der Waals surface area contributed by atoms with Gasteiger partial charge in [-0.2, -0.15) is 0 Å². The van der Waals surface area contributed by atoms with Crippen LogP contribution >= 0.6 is 23.4 Å². The van der Waals surface area contributed by atoms with Crippen molar-refractivity contribution in [2.45, 2.75) is 23.0 Å². The van der Waals surface area contributed by atoms with Crippen LogP contribution in [0.5, 0.6) is 0 Å². The number of amides is 2. The fourth-order valence-corrected chi connectivity index (χ4v) is 3.99. The SMILES string of the molecule is O=C(O)CCC(=O)Nc1ccc(SC(C(=O)Nc2ccc(Cl)cc2)c2ccccc2)cc1. The molecule has 0 aliphatic carbocycles. The lowest BCUT2D eigenvalue weighted by Crippen LogP contribution is -2.19. The van der Waals surface area contributed by atoms with Gasteiger partial charge in [-0.1, -0.05) is 41.9 Å². The Morgan fingerprint density at radius 1 is 0.812 bits per heavy atom. The summed E-state index contributed by atoms with van der Waals surface area (Å²) in [4.78, 5) is 36.3. The van der Waals surface area contributed by atoms with E-state index in [2.05, 4.69) is 10.6 Å². The minimum Gasteiger partial charge on any atom is -0.481 e. The van der Waals surface area contributed by atoms with Crippen LogP contribution in [0.2, 0.25) is 5.02 Å². The largest absolute Gasteiger partial charge is 0.481 e. The number of benzene rings is 3. The molecule has 0 radical (unpaired) electrons. The third-order valence-electron chi connectivity index (χ3n) is 4.41. The van der Waals surface area contributed by atoms with Crippen LogP contribution in [0, 0.1) is 0 Å². The molecule has 0 saturated carbocycles. The molecular formula is C24H21ClN2O4S. The molecular weight excluding hydrogens is 448 g/mol. The summed E-state index contributed by atoms with van der Waals surface area (Å²) in [6.45, 7) is 0. The van der Waals surface area contributed by atoms with Crippen LogP contribution in [-0.2, 0) is 14.4 Å². The van der Waals surface area contributed by atoms with Gasteiger partial charge in [0.2, 0.25) is 11.8 Å². The molecule has 164 valence electrons. The summed E-state index contributed by atoms with van der Waals surface area (Å²) >= 11 is 7.31. The Morgan fingerprint density at radius 3 is 2.03 bits per heavy atom. The van der Waals surface area contributed by atoms with Crippen LogP contribution in [0.15, 0.2) is 83.8 Å². The lowest BCUT2D eigenvalue weighted by molar-refractivity contribution is -0.138. The van der Waals surface area contributed by atoms with Gasteiger partial charge in [0, 0.05) is 27.7 Å². The third kappa shape index (κ3) is 7.14. The van der Waals surface area contributed by atoms with Gasteiger partial charge < -0.3 is 15.7 Å². The van der Waals surface area contributed by atoms with E-state index >= 15 is 0 Å². The maximum atomic E-state index is 13.1. The second-order valence-corrected chi connectivity index (χ2v) is 8.49. The molecule has 0 aliphatic rings. The first-order valence-corrected chi connectivity index (χ1v) is 11.1. The van der Waals surface area contributed by atoms with E-state index in [1.807, 2.05) is 42.5 Å². The average Bonchev–Trinajstić information content (AvgIpc) is 2.79. The molecule has 0 heterocycles. The number of hydrogen-bond donors (Lipinski definition) is 3. The highest BCUT2D eigenvalue weighted by Crippen LogP contribution is 2.36. The molecule has 0 aliphatic heterocycles. The van der Waals surface area contributed by atoms with Gasteiger partial charge >= 0.3 is 5.97 Å². The maximum Gasteiger partial charge on any atom is 0.303 e. The second-order valence-electron chi connectivity index (χ2n) is 6.87. The number of thioether (sulfide) groups is 1. The van der Waals surface area contributed by atoms with Crippen molar-refractivity contribution in [1.82, 2.24) is 0 Å². The number of halogens is 1. The van der Waals surface area contributed by atoms with Gasteiger partial charge in [-0.15, -0.1) is 11.8 Å². The predicted octanol–water partition coefficient (Wildman–Crippen LogP) is 5.62. The molecule has 2 amide bonds. The summed E-state index contributed by atoms with van der Waals surface area (Å²) in [7, 11) is 0. The van der Waals surface area contributed by atoms with E-state index in [0.717, 1.165) is 10.5 Å². The van der Waals surface area contributed by atoms with E-state index in [0.29, 0.717) is 16.4 Å². The zero-order valence-corrected chi connectivity index (χ0v) is 18.5. The van der Waals surface area contributed by atoms with Crippen molar-refractivity contribution in [1.29, 1.82) is 0 Å². The number of carbonyl (C=O) groups is 3. The van der Waals surface area contributed by atoms with Crippen molar-refractivity contribution < 1.29 is 19.5 Å². The highest BCUT2D eigenvalue weighted by Gasteiger charge is 2.22. The van der Waals surface area contributed by atoms with Gasteiger partial charge in [0.25, 0.3) is 0 Å². The molecule has 1 atom stereocenters. The molecule has 3 aromatic rings. The van der Waals surface area contributed by atoms with Crippen LogP contribution in [0.1, 0.15) is 23.7 Å². The van der Waals surface area contributed by atoms with Gasteiger partial charge in [0.15, 0.2) is 0 Å². The van der Waals surface area contributed by atoms with E-state index < -0.39 is 11.2 Å². The van der Waals surface area contributed by atoms with Gasteiger partial charge in [-0.3, -0.25) is 14.4 Å². The van der Waals surface area contributed by atoms with Crippen LogP contribution in [0.25, 0.3) is 0 Å². The van der Waals surface area contributed by atoms with Crippen molar-refractivity contribution in [3.8, 4) is 0 Å². The topological polar surface area (TPSA) is 95.5 Å². The first-order valence-electron chi connectivity index (χ1n) is 9.80. The number of carboxylic acids is 1. The Bertz CT molecular complexity index is 1070. The Balaban J connectivity index is 1.70. The fourth-order valence-electron chi connectivity index (χ4n) is 2.84. The number of carboxylic acid groups (broad SMARTS) is 1. The Labute approximate surface area is 195 Å². The zero-order chi connectivity index (χ0) is 22.9. The number of carbonyl (C=O) groups excluding carboxylic acids is 2. The van der Waals surface area contributed by atoms with Crippen molar-refractivity contribution >= 4 is 52.5 Å². The molecule has 0 saturated heterocycles. The molecule has 6 nitrogen and oxygen atoms in total. The summed E-state index contributed by atoms with van der Waals surface area (Å²) in [5, 5.41) is 14.4. The molecule has 0 fully saturated rings. The average molecular weight is 469 g/mol. The number of nitrogens with one attached hydrogen (secondary N) is 2. The van der Waals surface area contributed by atoms with Crippen LogP contribution in [0.4, 0.5) is 11.4 Å². The van der Waals surface area contributed by atoms with Gasteiger partial charge in [-0.05, 0) is 54.1 Å². The zero-order valence-electron chi connectivity index (χ0n) is 17.0. The van der Waals surface area contributed by atoms with Crippen molar-refractivity contribution in [2.24, 2.45) is 0 Å². The van der Waals surface area contributed by atoms with E-state index in [1.165, 1.54) is 11.8 Å². The molecule has 0 bridgehead atoms. The maximum absolute atomic E-state index is 13.1. The van der Waals surface area contributed by atoms with Crippen LogP contribution < -0.4 is 10.6 Å². The molecule has 3 aromatic carbocycles. The summed E-state index contributed by atoms with van der Waals surface area (Å²) < 4.78 is 0. The van der Waals surface area contributed by atoms with E-state index in [4.69, 9.17) is 16.7 Å². The highest BCUT2D eigenvalue weighted by atomic mass is 35.5. The highest BCUT2D eigenvalue weighted by molar-refractivity contribution is 8.00. The van der Waals surface area contributed by atoms with Crippen LogP contribution in [0.3, 0.4) is 0 Å². The lowest BCUT2D eigenvalue weighted by atomic mass is 10.1. The molecule has 1 unspecified atom stereocenters. The second kappa shape index (κ2) is 11.4. The van der Waals surface area contributed by atoms with Gasteiger partial charge in [0.1, 0.15) is 5.25 Å².